The minimum atomic E-state index is -0.246. The van der Waals surface area contributed by atoms with E-state index in [1.165, 1.54) is 33.5 Å². The molecule has 0 saturated carbocycles. The molecule has 0 spiro atoms. The lowest BCUT2D eigenvalue weighted by molar-refractivity contribution is -0.118. The molecule has 0 saturated heterocycles. The summed E-state index contributed by atoms with van der Waals surface area (Å²) >= 11 is 1.23. The van der Waals surface area contributed by atoms with E-state index < -0.39 is 0 Å². The van der Waals surface area contributed by atoms with Gasteiger partial charge < -0.3 is 9.73 Å². The lowest BCUT2D eigenvalue weighted by atomic mass is 10.3. The minimum absolute atomic E-state index is 0.178. The van der Waals surface area contributed by atoms with Crippen molar-refractivity contribution in [1.29, 1.82) is 0 Å². The van der Waals surface area contributed by atoms with Gasteiger partial charge in [0.1, 0.15) is 5.69 Å². The van der Waals surface area contributed by atoms with E-state index in [9.17, 15) is 9.59 Å². The smallest absolute Gasteiger partial charge is 0.266 e. The zero-order valence-electron chi connectivity index (χ0n) is 13.3. The van der Waals surface area contributed by atoms with Crippen LogP contribution in [0, 0.1) is 0 Å². The van der Waals surface area contributed by atoms with Crippen LogP contribution in [0.15, 0.2) is 44.9 Å². The largest absolute Gasteiger partial charge is 0.463 e. The van der Waals surface area contributed by atoms with E-state index in [0.717, 1.165) is 0 Å². The van der Waals surface area contributed by atoms with Crippen LogP contribution in [0.4, 0.5) is 0 Å². The van der Waals surface area contributed by atoms with Gasteiger partial charge in [0, 0.05) is 19.7 Å². The lowest BCUT2D eigenvalue weighted by Gasteiger charge is -2.07. The highest BCUT2D eigenvalue weighted by Crippen LogP contribution is 2.15. The van der Waals surface area contributed by atoms with Gasteiger partial charge in [0.15, 0.2) is 5.76 Å². The predicted octanol–water partition coefficient (Wildman–Crippen LogP) is -0.0647. The van der Waals surface area contributed by atoms with Crippen molar-refractivity contribution in [3.05, 3.63) is 40.9 Å². The van der Waals surface area contributed by atoms with E-state index in [1.54, 1.807) is 25.2 Å². The molecule has 0 aliphatic carbocycles. The second-order valence-corrected chi connectivity index (χ2v) is 5.92. The first-order chi connectivity index (χ1) is 12.1. The summed E-state index contributed by atoms with van der Waals surface area (Å²) in [5.74, 6) is 0.581. The van der Waals surface area contributed by atoms with E-state index in [1.807, 2.05) is 0 Å². The van der Waals surface area contributed by atoms with Gasteiger partial charge in [-0.1, -0.05) is 11.8 Å². The van der Waals surface area contributed by atoms with E-state index >= 15 is 0 Å². The molecule has 0 aliphatic rings. The summed E-state index contributed by atoms with van der Waals surface area (Å²) in [5.41, 5.74) is 0.311. The fraction of sp³-hybridized carbons (Fsp3) is 0.286. The molecule has 3 aromatic heterocycles. The number of carbonyl (C=O) groups excluding carboxylic acids is 1. The van der Waals surface area contributed by atoms with E-state index in [4.69, 9.17) is 4.42 Å². The first kappa shape index (κ1) is 16.9. The Morgan fingerprint density at radius 1 is 1.36 bits per heavy atom. The van der Waals surface area contributed by atoms with Crippen molar-refractivity contribution in [3.63, 3.8) is 0 Å². The molecule has 0 bridgehead atoms. The number of hydrogen-bond acceptors (Lipinski definition) is 8. The number of carbonyl (C=O) groups is 1. The summed E-state index contributed by atoms with van der Waals surface area (Å²) in [6.45, 7) is 0.542. The molecule has 3 rings (SSSR count). The van der Waals surface area contributed by atoms with Crippen molar-refractivity contribution in [2.45, 2.75) is 11.7 Å². The van der Waals surface area contributed by atoms with Gasteiger partial charge in [-0.2, -0.15) is 5.10 Å². The minimum Gasteiger partial charge on any atom is -0.463 e. The molecule has 3 heterocycles. The quantitative estimate of drug-likeness (QED) is 0.581. The average Bonchev–Trinajstić information content (AvgIpc) is 3.26. The molecular formula is C14H15N7O3S. The fourth-order valence-corrected chi connectivity index (χ4v) is 2.67. The maximum absolute atomic E-state index is 11.9. The summed E-state index contributed by atoms with van der Waals surface area (Å²) in [5, 5.41) is 18.5. The predicted molar refractivity (Wildman–Crippen MR) is 88.7 cm³/mol. The second kappa shape index (κ2) is 7.75. The van der Waals surface area contributed by atoms with Gasteiger partial charge in [0.05, 0.1) is 18.6 Å². The molecule has 25 heavy (non-hydrogen) atoms. The Hall–Kier alpha value is -2.95. The van der Waals surface area contributed by atoms with Crippen molar-refractivity contribution in [1.82, 2.24) is 35.3 Å². The Labute approximate surface area is 146 Å². The zero-order valence-corrected chi connectivity index (χ0v) is 14.1. The molecule has 0 aliphatic heterocycles. The van der Waals surface area contributed by atoms with Gasteiger partial charge in [-0.05, 0) is 28.6 Å². The van der Waals surface area contributed by atoms with Crippen LogP contribution in [0.1, 0.15) is 0 Å². The van der Waals surface area contributed by atoms with Crippen LogP contribution in [0.5, 0.6) is 0 Å². The highest BCUT2D eigenvalue weighted by molar-refractivity contribution is 7.99. The summed E-state index contributed by atoms with van der Waals surface area (Å²) < 4.78 is 8.04. The van der Waals surface area contributed by atoms with Crippen molar-refractivity contribution in [3.8, 4) is 11.5 Å². The average molecular weight is 361 g/mol. The van der Waals surface area contributed by atoms with Gasteiger partial charge in [-0.25, -0.2) is 9.36 Å². The Kier molecular flexibility index (Phi) is 5.23. The SMILES string of the molecule is Cn1nnnc1SCC(=O)NCCn1nc(-c2ccco2)ccc1=O. The maximum atomic E-state index is 11.9. The number of furan rings is 1. The normalized spacial score (nSPS) is 10.8. The Morgan fingerprint density at radius 2 is 2.24 bits per heavy atom. The molecule has 10 nitrogen and oxygen atoms in total. The zero-order chi connectivity index (χ0) is 17.6. The summed E-state index contributed by atoms with van der Waals surface area (Å²) in [7, 11) is 1.70. The van der Waals surface area contributed by atoms with Crippen LogP contribution in [-0.4, -0.2) is 48.2 Å². The third-order valence-corrected chi connectivity index (χ3v) is 4.21. The van der Waals surface area contributed by atoms with Crippen molar-refractivity contribution in [2.24, 2.45) is 7.05 Å². The number of nitrogens with zero attached hydrogens (tertiary/aromatic N) is 6. The summed E-state index contributed by atoms with van der Waals surface area (Å²) in [4.78, 5) is 23.7. The maximum Gasteiger partial charge on any atom is 0.266 e. The molecule has 0 aromatic carbocycles. The van der Waals surface area contributed by atoms with Crippen LogP contribution in [0.3, 0.4) is 0 Å². The molecule has 0 radical (unpaired) electrons. The Morgan fingerprint density at radius 3 is 2.96 bits per heavy atom. The molecule has 1 N–H and O–H groups in total. The standard InChI is InChI=1S/C14H15N7O3S/c1-20-14(16-18-19-20)25-9-12(22)15-6-7-21-13(23)5-4-10(17-21)11-3-2-8-24-11/h2-5,8H,6-7,9H2,1H3,(H,15,22). The number of tetrazole rings is 1. The van der Waals surface area contributed by atoms with E-state index in [2.05, 4.69) is 25.9 Å². The highest BCUT2D eigenvalue weighted by Gasteiger charge is 2.09. The molecule has 3 aromatic rings. The van der Waals surface area contributed by atoms with Gasteiger partial charge in [0.25, 0.3) is 5.56 Å². The fourth-order valence-electron chi connectivity index (χ4n) is 1.99. The topological polar surface area (TPSA) is 121 Å². The summed E-state index contributed by atoms with van der Waals surface area (Å²) in [6, 6.07) is 6.53. The summed E-state index contributed by atoms with van der Waals surface area (Å²) in [6.07, 6.45) is 1.54. The number of rotatable bonds is 7. The van der Waals surface area contributed by atoms with Gasteiger partial charge in [-0.3, -0.25) is 9.59 Å². The van der Waals surface area contributed by atoms with Crippen molar-refractivity contribution < 1.29 is 9.21 Å². The van der Waals surface area contributed by atoms with Gasteiger partial charge in [-0.15, -0.1) is 5.10 Å². The lowest BCUT2D eigenvalue weighted by Crippen LogP contribution is -2.32. The molecule has 0 unspecified atom stereocenters. The second-order valence-electron chi connectivity index (χ2n) is 4.98. The number of amides is 1. The van der Waals surface area contributed by atoms with Crippen molar-refractivity contribution in [2.75, 3.05) is 12.3 Å². The van der Waals surface area contributed by atoms with Crippen LogP contribution < -0.4 is 10.9 Å². The molecule has 0 atom stereocenters. The number of aryl methyl sites for hydroxylation is 1. The number of nitrogens with one attached hydrogen (secondary N) is 1. The number of aromatic nitrogens is 6. The van der Waals surface area contributed by atoms with E-state index in [-0.39, 0.29) is 30.3 Å². The van der Waals surface area contributed by atoms with Crippen LogP contribution in [0.25, 0.3) is 11.5 Å². The molecule has 1 amide bonds. The van der Waals surface area contributed by atoms with Crippen LogP contribution >= 0.6 is 11.8 Å². The van der Waals surface area contributed by atoms with Crippen LogP contribution in [-0.2, 0) is 18.4 Å². The van der Waals surface area contributed by atoms with E-state index in [0.29, 0.717) is 16.6 Å². The Balaban J connectivity index is 1.51. The molecule has 11 heteroatoms. The first-order valence-corrected chi connectivity index (χ1v) is 8.36. The highest BCUT2D eigenvalue weighted by atomic mass is 32.2. The Bertz CT molecular complexity index is 903. The number of thioether (sulfide) groups is 1. The first-order valence-electron chi connectivity index (χ1n) is 7.37. The number of hydrogen-bond donors (Lipinski definition) is 1. The third-order valence-electron chi connectivity index (χ3n) is 3.20. The van der Waals surface area contributed by atoms with Crippen molar-refractivity contribution >= 4 is 17.7 Å². The molecule has 0 fully saturated rings. The van der Waals surface area contributed by atoms with Crippen LogP contribution in [0.2, 0.25) is 0 Å². The molecule has 130 valence electrons. The third kappa shape index (κ3) is 4.32. The monoisotopic (exact) mass is 361 g/mol. The van der Waals surface area contributed by atoms with Gasteiger partial charge >= 0.3 is 0 Å². The molecular weight excluding hydrogens is 346 g/mol. The van der Waals surface area contributed by atoms with Gasteiger partial charge in [0.2, 0.25) is 11.1 Å².